The van der Waals surface area contributed by atoms with Gasteiger partial charge in [-0.05, 0) is 23.8 Å². The lowest BCUT2D eigenvalue weighted by Crippen LogP contribution is -2.14. The van der Waals surface area contributed by atoms with Gasteiger partial charge in [-0.15, -0.1) is 10.2 Å². The first kappa shape index (κ1) is 17.6. The maximum absolute atomic E-state index is 6.12. The molecule has 1 aliphatic heterocycles. The predicted octanol–water partition coefficient (Wildman–Crippen LogP) is 6.09. The number of H-pyrrole nitrogens is 1. The lowest BCUT2D eigenvalue weighted by Gasteiger charge is -2.14. The highest BCUT2D eigenvalue weighted by molar-refractivity contribution is 7.99. The largest absolute Gasteiger partial charge is 0.354 e. The zero-order valence-corrected chi connectivity index (χ0v) is 17.3. The number of nitrogens with one attached hydrogen (secondary N) is 2. The molecule has 0 fully saturated rings. The zero-order chi connectivity index (χ0) is 20.1. The Balaban J connectivity index is 1.46. The number of hydrogen-bond acceptors (Lipinski definition) is 4. The predicted molar refractivity (Wildman–Crippen MR) is 122 cm³/mol. The van der Waals surface area contributed by atoms with Gasteiger partial charge in [0, 0.05) is 27.1 Å². The molecule has 0 spiro atoms. The van der Waals surface area contributed by atoms with E-state index in [1.54, 1.807) is 11.8 Å². The highest BCUT2D eigenvalue weighted by Crippen LogP contribution is 2.46. The lowest BCUT2D eigenvalue weighted by atomic mass is 10.1. The number of aromatic nitrogens is 4. The van der Waals surface area contributed by atoms with E-state index < -0.39 is 0 Å². The van der Waals surface area contributed by atoms with Crippen LogP contribution in [0.4, 0.5) is 0 Å². The molecule has 3 aromatic carbocycles. The number of fused-ring (bicyclic) bond motifs is 2. The van der Waals surface area contributed by atoms with E-state index in [1.165, 1.54) is 10.9 Å². The van der Waals surface area contributed by atoms with Crippen LogP contribution in [0.15, 0.2) is 84.0 Å². The van der Waals surface area contributed by atoms with E-state index in [9.17, 15) is 0 Å². The molecular formula is C23H16ClN5S. The Morgan fingerprint density at radius 2 is 1.60 bits per heavy atom. The van der Waals surface area contributed by atoms with Crippen LogP contribution >= 0.6 is 23.4 Å². The molecule has 7 heteroatoms. The highest BCUT2D eigenvalue weighted by atomic mass is 35.5. The van der Waals surface area contributed by atoms with Gasteiger partial charge in [0.05, 0.1) is 5.69 Å². The van der Waals surface area contributed by atoms with Gasteiger partial charge in [0.15, 0.2) is 5.82 Å². The van der Waals surface area contributed by atoms with Crippen molar-refractivity contribution in [2.45, 2.75) is 10.5 Å². The van der Waals surface area contributed by atoms with Gasteiger partial charge in [0.1, 0.15) is 5.37 Å². The van der Waals surface area contributed by atoms with Crippen LogP contribution in [0.3, 0.4) is 0 Å². The maximum Gasteiger partial charge on any atom is 0.212 e. The van der Waals surface area contributed by atoms with E-state index in [0.29, 0.717) is 0 Å². The molecule has 3 heterocycles. The van der Waals surface area contributed by atoms with E-state index >= 15 is 0 Å². The summed E-state index contributed by atoms with van der Waals surface area (Å²) in [5.41, 5.74) is 9.11. The van der Waals surface area contributed by atoms with Crippen LogP contribution in [0.2, 0.25) is 5.02 Å². The summed E-state index contributed by atoms with van der Waals surface area (Å²) in [6.07, 6.45) is 0. The van der Waals surface area contributed by atoms with E-state index in [2.05, 4.69) is 38.8 Å². The Labute approximate surface area is 182 Å². The van der Waals surface area contributed by atoms with Crippen LogP contribution in [-0.4, -0.2) is 19.9 Å². The SMILES string of the molecule is Clc1ccc(-c2[nH]c3ccccc3c2C2Nn3c(nnc3-c3ccccc3)S2)cc1. The monoisotopic (exact) mass is 429 g/mol. The number of thioether (sulfide) groups is 1. The van der Waals surface area contributed by atoms with E-state index in [0.717, 1.165) is 38.3 Å². The molecule has 5 nitrogen and oxygen atoms in total. The third-order valence-electron chi connectivity index (χ3n) is 5.28. The lowest BCUT2D eigenvalue weighted by molar-refractivity contribution is 0.794. The fraction of sp³-hybridized carbons (Fsp3) is 0.0435. The first-order valence-corrected chi connectivity index (χ1v) is 10.8. The second-order valence-corrected chi connectivity index (χ2v) is 8.61. The van der Waals surface area contributed by atoms with Crippen LogP contribution in [-0.2, 0) is 0 Å². The minimum Gasteiger partial charge on any atom is -0.354 e. The summed E-state index contributed by atoms with van der Waals surface area (Å²) in [5, 5.41) is 11.6. The average molecular weight is 430 g/mol. The van der Waals surface area contributed by atoms with Crippen LogP contribution in [0.25, 0.3) is 33.5 Å². The van der Waals surface area contributed by atoms with Gasteiger partial charge in [-0.1, -0.05) is 84.0 Å². The Kier molecular flexibility index (Phi) is 4.07. The molecule has 30 heavy (non-hydrogen) atoms. The van der Waals surface area contributed by atoms with Crippen molar-refractivity contribution in [2.75, 3.05) is 5.43 Å². The van der Waals surface area contributed by atoms with Gasteiger partial charge in [-0.3, -0.25) is 0 Å². The molecule has 0 aliphatic carbocycles. The highest BCUT2D eigenvalue weighted by Gasteiger charge is 2.32. The van der Waals surface area contributed by atoms with Gasteiger partial charge >= 0.3 is 0 Å². The van der Waals surface area contributed by atoms with E-state index in [4.69, 9.17) is 11.6 Å². The van der Waals surface area contributed by atoms with Crippen molar-refractivity contribution in [3.63, 3.8) is 0 Å². The molecule has 0 saturated carbocycles. The second-order valence-electron chi connectivity index (χ2n) is 7.10. The Hall–Kier alpha value is -3.22. The van der Waals surface area contributed by atoms with Gasteiger partial charge in [0.25, 0.3) is 0 Å². The number of rotatable bonds is 3. The van der Waals surface area contributed by atoms with Crippen molar-refractivity contribution in [3.8, 4) is 22.6 Å². The number of halogens is 1. The van der Waals surface area contributed by atoms with E-state index in [1.807, 2.05) is 65.3 Å². The molecule has 0 radical (unpaired) electrons. The first-order chi connectivity index (χ1) is 14.8. The Morgan fingerprint density at radius 3 is 2.43 bits per heavy atom. The molecule has 0 amide bonds. The van der Waals surface area contributed by atoms with Crippen LogP contribution in [0.5, 0.6) is 0 Å². The first-order valence-electron chi connectivity index (χ1n) is 9.58. The summed E-state index contributed by atoms with van der Waals surface area (Å²) in [7, 11) is 0. The van der Waals surface area contributed by atoms with Crippen molar-refractivity contribution in [1.29, 1.82) is 0 Å². The molecule has 0 bridgehead atoms. The summed E-state index contributed by atoms with van der Waals surface area (Å²) < 4.78 is 1.98. The number of para-hydroxylation sites is 1. The van der Waals surface area contributed by atoms with Crippen LogP contribution in [0, 0.1) is 0 Å². The quantitative estimate of drug-likeness (QED) is 0.364. The number of nitrogens with zero attached hydrogens (tertiary/aromatic N) is 3. The molecular weight excluding hydrogens is 414 g/mol. The van der Waals surface area contributed by atoms with Crippen LogP contribution in [0.1, 0.15) is 10.9 Å². The Bertz CT molecular complexity index is 1360. The molecule has 1 unspecified atom stereocenters. The Morgan fingerprint density at radius 1 is 0.833 bits per heavy atom. The van der Waals surface area contributed by atoms with Crippen molar-refractivity contribution in [1.82, 2.24) is 19.9 Å². The molecule has 1 aliphatic rings. The normalized spacial score (nSPS) is 15.3. The fourth-order valence-corrected chi connectivity index (χ4v) is 5.08. The molecule has 0 saturated heterocycles. The number of benzene rings is 3. The zero-order valence-electron chi connectivity index (χ0n) is 15.7. The summed E-state index contributed by atoms with van der Waals surface area (Å²) in [4.78, 5) is 3.60. The number of aromatic amines is 1. The van der Waals surface area contributed by atoms with Crippen molar-refractivity contribution < 1.29 is 0 Å². The molecule has 6 rings (SSSR count). The maximum atomic E-state index is 6.12. The third-order valence-corrected chi connectivity index (χ3v) is 6.58. The standard InChI is InChI=1S/C23H16ClN5S/c24-16-12-10-14(11-13-16)20-19(17-8-4-5-9-18(17)25-20)22-28-29-21(26-27-23(29)30-22)15-6-2-1-3-7-15/h1-13,22,25,28H. The van der Waals surface area contributed by atoms with Gasteiger partial charge < -0.3 is 10.4 Å². The van der Waals surface area contributed by atoms with E-state index in [-0.39, 0.29) is 5.37 Å². The van der Waals surface area contributed by atoms with Crippen LogP contribution < -0.4 is 5.43 Å². The van der Waals surface area contributed by atoms with Crippen molar-refractivity contribution in [3.05, 3.63) is 89.4 Å². The van der Waals surface area contributed by atoms with Gasteiger partial charge in [-0.2, -0.15) is 0 Å². The molecule has 146 valence electrons. The summed E-state index contributed by atoms with van der Waals surface area (Å²) in [6, 6.07) is 26.4. The smallest absolute Gasteiger partial charge is 0.212 e. The fourth-order valence-electron chi connectivity index (χ4n) is 3.89. The van der Waals surface area contributed by atoms with Gasteiger partial charge in [0.2, 0.25) is 5.16 Å². The van der Waals surface area contributed by atoms with Crippen molar-refractivity contribution in [2.24, 2.45) is 0 Å². The van der Waals surface area contributed by atoms with Gasteiger partial charge in [-0.25, -0.2) is 4.68 Å². The number of hydrogen-bond donors (Lipinski definition) is 2. The topological polar surface area (TPSA) is 58.5 Å². The minimum atomic E-state index is -0.000194. The summed E-state index contributed by atoms with van der Waals surface area (Å²) in [5.74, 6) is 0.813. The summed E-state index contributed by atoms with van der Waals surface area (Å²) in [6.45, 7) is 0. The third kappa shape index (κ3) is 2.80. The molecule has 1 atom stereocenters. The molecule has 2 aromatic heterocycles. The molecule has 2 N–H and O–H groups in total. The summed E-state index contributed by atoms with van der Waals surface area (Å²) >= 11 is 7.79. The minimum absolute atomic E-state index is 0.000194. The average Bonchev–Trinajstić information content (AvgIpc) is 3.46. The molecule has 5 aromatic rings. The van der Waals surface area contributed by atoms with Crippen molar-refractivity contribution >= 4 is 34.3 Å². The second kappa shape index (κ2) is 6.93.